The molecule has 1 fully saturated rings. The van der Waals surface area contributed by atoms with E-state index >= 15 is 0 Å². The highest BCUT2D eigenvalue weighted by Crippen LogP contribution is 2.31. The maximum atomic E-state index is 5.89. The molecule has 2 rings (SSSR count). The molecule has 0 N–H and O–H groups in total. The third-order valence-corrected chi connectivity index (χ3v) is 2.87. The molecule has 4 heteroatoms. The van der Waals surface area contributed by atoms with Gasteiger partial charge in [-0.1, -0.05) is 0 Å². The lowest BCUT2D eigenvalue weighted by Gasteiger charge is -2.39. The van der Waals surface area contributed by atoms with Crippen molar-refractivity contribution in [2.45, 2.75) is 58.3 Å². The zero-order valence-corrected chi connectivity index (χ0v) is 12.2. The van der Waals surface area contributed by atoms with Crippen LogP contribution in [0.3, 0.4) is 0 Å². The van der Waals surface area contributed by atoms with Crippen molar-refractivity contribution in [3.63, 3.8) is 0 Å². The maximum absolute atomic E-state index is 5.89. The molecule has 0 radical (unpaired) electrons. The number of ether oxygens (including phenoxy) is 3. The average Bonchev–Trinajstić information content (AvgIpc) is 2.25. The van der Waals surface area contributed by atoms with Gasteiger partial charge in [-0.15, -0.1) is 0 Å². The Bertz CT molecular complexity index is 408. The van der Waals surface area contributed by atoms with Gasteiger partial charge in [0.1, 0.15) is 11.9 Å². The van der Waals surface area contributed by atoms with Crippen molar-refractivity contribution in [2.24, 2.45) is 0 Å². The van der Waals surface area contributed by atoms with Crippen molar-refractivity contribution in [3.05, 3.63) is 18.3 Å². The van der Waals surface area contributed by atoms with Crippen LogP contribution >= 0.6 is 0 Å². The smallest absolute Gasteiger partial charge is 0.216 e. The molecule has 1 saturated carbocycles. The zero-order chi connectivity index (χ0) is 13.9. The van der Waals surface area contributed by atoms with Gasteiger partial charge in [0.15, 0.2) is 0 Å². The summed E-state index contributed by atoms with van der Waals surface area (Å²) in [5, 5.41) is 0. The highest BCUT2D eigenvalue weighted by atomic mass is 16.5. The Morgan fingerprint density at radius 2 is 2.00 bits per heavy atom. The summed E-state index contributed by atoms with van der Waals surface area (Å²) in [6, 6.07) is 3.70. The summed E-state index contributed by atoms with van der Waals surface area (Å²) in [6.07, 6.45) is 4.16. The Kier molecular flexibility index (Phi) is 4.30. The van der Waals surface area contributed by atoms with Crippen molar-refractivity contribution >= 4 is 0 Å². The Morgan fingerprint density at radius 3 is 2.63 bits per heavy atom. The number of pyridine rings is 1. The van der Waals surface area contributed by atoms with Gasteiger partial charge in [0.25, 0.3) is 0 Å². The van der Waals surface area contributed by atoms with E-state index in [1.807, 2.05) is 19.1 Å². The second-order valence-corrected chi connectivity index (χ2v) is 5.83. The van der Waals surface area contributed by atoms with E-state index in [1.165, 1.54) is 0 Å². The zero-order valence-electron chi connectivity index (χ0n) is 12.2. The summed E-state index contributed by atoms with van der Waals surface area (Å²) in [4.78, 5) is 4.12. The summed E-state index contributed by atoms with van der Waals surface area (Å²) < 4.78 is 17.1. The first kappa shape index (κ1) is 14.1. The molecule has 19 heavy (non-hydrogen) atoms. The summed E-state index contributed by atoms with van der Waals surface area (Å²) in [5.74, 6) is 1.43. The highest BCUT2D eigenvalue weighted by molar-refractivity contribution is 5.26. The first-order valence-corrected chi connectivity index (χ1v) is 6.89. The number of aromatic nitrogens is 1. The maximum Gasteiger partial charge on any atom is 0.216 e. The first-order valence-electron chi connectivity index (χ1n) is 6.89. The Hall–Kier alpha value is -1.29. The fraction of sp³-hybridized carbons (Fsp3) is 0.667. The van der Waals surface area contributed by atoms with Crippen molar-refractivity contribution in [2.75, 3.05) is 6.61 Å². The first-order chi connectivity index (χ1) is 8.96. The van der Waals surface area contributed by atoms with Crippen LogP contribution in [0.5, 0.6) is 11.6 Å². The van der Waals surface area contributed by atoms with E-state index in [0.29, 0.717) is 18.6 Å². The molecule has 1 aliphatic carbocycles. The van der Waals surface area contributed by atoms with E-state index in [-0.39, 0.29) is 11.7 Å². The number of rotatable bonds is 5. The molecule has 0 atom stereocenters. The third kappa shape index (κ3) is 4.39. The summed E-state index contributed by atoms with van der Waals surface area (Å²) in [7, 11) is 0. The van der Waals surface area contributed by atoms with Crippen molar-refractivity contribution < 1.29 is 14.2 Å². The molecule has 1 heterocycles. The molecule has 0 amide bonds. The SMILES string of the molecule is CCOc1cc(OC2CC(OC(C)(C)C)C2)ccn1. The molecule has 0 aromatic carbocycles. The molecule has 4 nitrogen and oxygen atoms in total. The molecule has 0 saturated heterocycles. The number of hydrogen-bond acceptors (Lipinski definition) is 4. The van der Waals surface area contributed by atoms with E-state index in [0.717, 1.165) is 18.6 Å². The molecule has 0 aliphatic heterocycles. The second-order valence-electron chi connectivity index (χ2n) is 5.83. The van der Waals surface area contributed by atoms with Crippen LogP contribution in [0.2, 0.25) is 0 Å². The van der Waals surface area contributed by atoms with E-state index < -0.39 is 0 Å². The van der Waals surface area contributed by atoms with Crippen molar-refractivity contribution in [3.8, 4) is 11.6 Å². The van der Waals surface area contributed by atoms with Gasteiger partial charge in [-0.05, 0) is 33.8 Å². The number of nitrogens with zero attached hydrogens (tertiary/aromatic N) is 1. The molecule has 0 unspecified atom stereocenters. The van der Waals surface area contributed by atoms with Gasteiger partial charge in [-0.2, -0.15) is 0 Å². The summed E-state index contributed by atoms with van der Waals surface area (Å²) in [5.41, 5.74) is -0.0750. The van der Waals surface area contributed by atoms with E-state index in [9.17, 15) is 0 Å². The van der Waals surface area contributed by atoms with Crippen LogP contribution in [0.4, 0.5) is 0 Å². The number of hydrogen-bond donors (Lipinski definition) is 0. The van der Waals surface area contributed by atoms with Crippen LogP contribution < -0.4 is 9.47 Å². The van der Waals surface area contributed by atoms with Crippen LogP contribution in [-0.4, -0.2) is 29.4 Å². The highest BCUT2D eigenvalue weighted by Gasteiger charge is 2.34. The Labute approximate surface area is 115 Å². The van der Waals surface area contributed by atoms with Gasteiger partial charge in [-0.25, -0.2) is 4.98 Å². The fourth-order valence-corrected chi connectivity index (χ4v) is 2.09. The predicted octanol–water partition coefficient (Wildman–Crippen LogP) is 3.21. The van der Waals surface area contributed by atoms with Crippen LogP contribution in [0.15, 0.2) is 18.3 Å². The summed E-state index contributed by atoms with van der Waals surface area (Å²) in [6.45, 7) is 8.80. The van der Waals surface area contributed by atoms with Crippen LogP contribution in [-0.2, 0) is 4.74 Å². The van der Waals surface area contributed by atoms with E-state index in [4.69, 9.17) is 14.2 Å². The normalized spacial score (nSPS) is 22.7. The van der Waals surface area contributed by atoms with Gasteiger partial charge in [0, 0.05) is 25.1 Å². The minimum Gasteiger partial charge on any atom is -0.490 e. The molecule has 1 aliphatic rings. The van der Waals surface area contributed by atoms with Gasteiger partial charge >= 0.3 is 0 Å². The average molecular weight is 265 g/mol. The predicted molar refractivity (Wildman–Crippen MR) is 73.7 cm³/mol. The largest absolute Gasteiger partial charge is 0.490 e. The summed E-state index contributed by atoms with van der Waals surface area (Å²) >= 11 is 0. The van der Waals surface area contributed by atoms with Crippen LogP contribution in [0.1, 0.15) is 40.5 Å². The minimum absolute atomic E-state index is 0.0750. The Morgan fingerprint density at radius 1 is 1.26 bits per heavy atom. The minimum atomic E-state index is -0.0750. The molecule has 1 aromatic heterocycles. The van der Waals surface area contributed by atoms with Crippen molar-refractivity contribution in [1.29, 1.82) is 0 Å². The lowest BCUT2D eigenvalue weighted by molar-refractivity contribution is -0.126. The molecular weight excluding hydrogens is 242 g/mol. The van der Waals surface area contributed by atoms with Gasteiger partial charge in [0.05, 0.1) is 18.3 Å². The molecule has 106 valence electrons. The Balaban J connectivity index is 1.79. The lowest BCUT2D eigenvalue weighted by atomic mass is 9.91. The van der Waals surface area contributed by atoms with Crippen molar-refractivity contribution in [1.82, 2.24) is 4.98 Å². The molecule has 0 spiro atoms. The van der Waals surface area contributed by atoms with Crippen LogP contribution in [0, 0.1) is 0 Å². The van der Waals surface area contributed by atoms with E-state index in [1.54, 1.807) is 6.20 Å². The van der Waals surface area contributed by atoms with Gasteiger partial charge in [0.2, 0.25) is 5.88 Å². The van der Waals surface area contributed by atoms with Crippen LogP contribution in [0.25, 0.3) is 0 Å². The monoisotopic (exact) mass is 265 g/mol. The van der Waals surface area contributed by atoms with Gasteiger partial charge in [-0.3, -0.25) is 0 Å². The second kappa shape index (κ2) is 5.78. The quantitative estimate of drug-likeness (QED) is 0.819. The van der Waals surface area contributed by atoms with E-state index in [2.05, 4.69) is 25.8 Å². The van der Waals surface area contributed by atoms with Gasteiger partial charge < -0.3 is 14.2 Å². The topological polar surface area (TPSA) is 40.6 Å². The fourth-order valence-electron chi connectivity index (χ4n) is 2.09. The molecule has 1 aromatic rings. The molecular formula is C15H23NO3. The lowest BCUT2D eigenvalue weighted by Crippen LogP contribution is -2.43. The molecule has 0 bridgehead atoms. The standard InChI is InChI=1S/C15H23NO3/c1-5-17-14-10-11(6-7-16-14)18-12-8-13(9-12)19-15(2,3)4/h6-7,10,12-13H,5,8-9H2,1-4H3. The third-order valence-electron chi connectivity index (χ3n) is 2.87.